The van der Waals surface area contributed by atoms with Crippen molar-refractivity contribution < 1.29 is 36.2 Å². The molecule has 1 aliphatic carbocycles. The van der Waals surface area contributed by atoms with Gasteiger partial charge in [0.1, 0.15) is 17.5 Å². The lowest BCUT2D eigenvalue weighted by Crippen LogP contribution is -2.23. The highest BCUT2D eigenvalue weighted by atomic mass is 35.5. The Morgan fingerprint density at radius 1 is 1.09 bits per heavy atom. The molecule has 0 unspecified atom stereocenters. The summed E-state index contributed by atoms with van der Waals surface area (Å²) < 4.78 is 79.9. The van der Waals surface area contributed by atoms with E-state index in [4.69, 9.17) is 11.6 Å². The van der Waals surface area contributed by atoms with E-state index in [-0.39, 0.29) is 52.6 Å². The molecule has 0 spiro atoms. The largest absolute Gasteiger partial charge is 0.468 e. The van der Waals surface area contributed by atoms with Gasteiger partial charge < -0.3 is 20.5 Å². The van der Waals surface area contributed by atoms with Gasteiger partial charge in [0.15, 0.2) is 6.61 Å². The monoisotopic (exact) mass is 513 g/mol. The van der Waals surface area contributed by atoms with Gasteiger partial charge in [-0.3, -0.25) is 0 Å². The number of aliphatic hydroxyl groups excluding tert-OH is 1. The van der Waals surface area contributed by atoms with Crippen molar-refractivity contribution in [1.82, 2.24) is 15.0 Å². The lowest BCUT2D eigenvalue weighted by molar-refractivity contribution is -0.154. The standard InChI is InChI=1S/C20H22ClF6N5O2/c1-10-13(4-5-14(29-10)34-9-20(25,26)27)15-16(21)31-18(28-8-19(22,23)24)32-17(15)30-12-3-2-11(6-12)7-33/h4-5,11-12,33H,2-3,6-9H2,1H3,(H2,28,30,31,32)/t11-,12+/m1/s1. The number of nitrogens with one attached hydrogen (secondary N) is 2. The second-order valence-electron chi connectivity index (χ2n) is 7.92. The quantitative estimate of drug-likeness (QED) is 0.338. The Bertz CT molecular complexity index is 1000. The number of pyridine rings is 1. The molecule has 0 aromatic carbocycles. The minimum absolute atomic E-state index is 0.0103. The van der Waals surface area contributed by atoms with Crippen LogP contribution < -0.4 is 15.4 Å². The lowest BCUT2D eigenvalue weighted by Gasteiger charge is -2.20. The third kappa shape index (κ3) is 7.23. The van der Waals surface area contributed by atoms with Gasteiger partial charge >= 0.3 is 12.4 Å². The predicted octanol–water partition coefficient (Wildman–Crippen LogP) is 4.99. The van der Waals surface area contributed by atoms with E-state index in [0.717, 1.165) is 6.42 Å². The number of ether oxygens (including phenoxy) is 1. The summed E-state index contributed by atoms with van der Waals surface area (Å²) in [7, 11) is 0. The number of aryl methyl sites for hydroxylation is 1. The molecule has 0 aliphatic heterocycles. The Balaban J connectivity index is 1.94. The van der Waals surface area contributed by atoms with Gasteiger partial charge in [0.2, 0.25) is 11.8 Å². The molecule has 0 radical (unpaired) electrons. The van der Waals surface area contributed by atoms with Crippen molar-refractivity contribution >= 4 is 23.4 Å². The van der Waals surface area contributed by atoms with Crippen LogP contribution in [0.2, 0.25) is 5.15 Å². The lowest BCUT2D eigenvalue weighted by atomic mass is 10.1. The van der Waals surface area contributed by atoms with Crippen LogP contribution in [0, 0.1) is 12.8 Å². The van der Waals surface area contributed by atoms with Crippen molar-refractivity contribution in [3.8, 4) is 17.0 Å². The number of anilines is 2. The zero-order valence-corrected chi connectivity index (χ0v) is 18.7. The maximum Gasteiger partial charge on any atom is 0.422 e. The molecule has 2 atom stereocenters. The summed E-state index contributed by atoms with van der Waals surface area (Å²) in [5, 5.41) is 14.5. The first-order chi connectivity index (χ1) is 15.8. The number of hydrogen-bond acceptors (Lipinski definition) is 7. The number of rotatable bonds is 8. The normalized spacial score (nSPS) is 18.7. The Morgan fingerprint density at radius 3 is 2.41 bits per heavy atom. The molecule has 1 aliphatic rings. The van der Waals surface area contributed by atoms with Crippen molar-refractivity contribution in [3.05, 3.63) is 23.0 Å². The van der Waals surface area contributed by atoms with Gasteiger partial charge in [-0.25, -0.2) is 9.97 Å². The van der Waals surface area contributed by atoms with Gasteiger partial charge in [-0.2, -0.15) is 31.3 Å². The van der Waals surface area contributed by atoms with Crippen molar-refractivity contribution in [3.63, 3.8) is 0 Å². The van der Waals surface area contributed by atoms with Crippen LogP contribution in [0.25, 0.3) is 11.1 Å². The van der Waals surface area contributed by atoms with E-state index >= 15 is 0 Å². The highest BCUT2D eigenvalue weighted by molar-refractivity contribution is 6.32. The molecule has 0 saturated heterocycles. The van der Waals surface area contributed by atoms with Crippen LogP contribution in [0.3, 0.4) is 0 Å². The van der Waals surface area contributed by atoms with Crippen LogP contribution in [0.5, 0.6) is 5.88 Å². The second-order valence-corrected chi connectivity index (χ2v) is 8.28. The van der Waals surface area contributed by atoms with Gasteiger partial charge in [-0.15, -0.1) is 0 Å². The summed E-state index contributed by atoms with van der Waals surface area (Å²) >= 11 is 6.33. The van der Waals surface area contributed by atoms with Gasteiger partial charge in [-0.1, -0.05) is 11.6 Å². The number of halogens is 7. The van der Waals surface area contributed by atoms with E-state index in [2.05, 4.69) is 30.3 Å². The SMILES string of the molecule is Cc1nc(OCC(F)(F)F)ccc1-c1c(Cl)nc(NCC(F)(F)F)nc1N[C@H]1CC[C@@H](CO)C1. The molecule has 14 heteroatoms. The van der Waals surface area contributed by atoms with Crippen molar-refractivity contribution in [2.24, 2.45) is 5.92 Å². The molecule has 2 aromatic rings. The summed E-state index contributed by atoms with van der Waals surface area (Å²) in [6.07, 6.45) is -6.97. The topological polar surface area (TPSA) is 92.2 Å². The van der Waals surface area contributed by atoms with E-state index in [0.29, 0.717) is 18.4 Å². The van der Waals surface area contributed by atoms with Gasteiger partial charge in [-0.05, 0) is 38.2 Å². The molecule has 188 valence electrons. The van der Waals surface area contributed by atoms with E-state index in [1.54, 1.807) is 0 Å². The summed E-state index contributed by atoms with van der Waals surface area (Å²) in [5.74, 6) is -0.382. The Kier molecular flexibility index (Phi) is 7.96. The second kappa shape index (κ2) is 10.4. The van der Waals surface area contributed by atoms with E-state index < -0.39 is 25.5 Å². The first-order valence-electron chi connectivity index (χ1n) is 10.3. The molecule has 7 nitrogen and oxygen atoms in total. The number of hydrogen-bond donors (Lipinski definition) is 3. The Hall–Kier alpha value is -2.54. The molecule has 34 heavy (non-hydrogen) atoms. The molecular weight excluding hydrogens is 492 g/mol. The third-order valence-corrected chi connectivity index (χ3v) is 5.44. The summed E-state index contributed by atoms with van der Waals surface area (Å²) in [6, 6.07) is 2.53. The molecule has 1 saturated carbocycles. The molecule has 3 rings (SSSR count). The predicted molar refractivity (Wildman–Crippen MR) is 113 cm³/mol. The summed E-state index contributed by atoms with van der Waals surface area (Å²) in [6.45, 7) is -1.36. The van der Waals surface area contributed by atoms with Crippen LogP contribution in [-0.2, 0) is 0 Å². The van der Waals surface area contributed by atoms with Crippen LogP contribution >= 0.6 is 11.6 Å². The Labute approximate surface area is 195 Å². The van der Waals surface area contributed by atoms with Crippen LogP contribution in [-0.4, -0.2) is 58.2 Å². The van der Waals surface area contributed by atoms with Gasteiger partial charge in [0.25, 0.3) is 0 Å². The smallest absolute Gasteiger partial charge is 0.422 e. The molecule has 3 N–H and O–H groups in total. The fourth-order valence-corrected chi connectivity index (χ4v) is 3.91. The maximum atomic E-state index is 12.6. The molecule has 1 fully saturated rings. The van der Waals surface area contributed by atoms with Crippen molar-refractivity contribution in [2.75, 3.05) is 30.4 Å². The van der Waals surface area contributed by atoms with E-state index in [1.807, 2.05) is 0 Å². The fraction of sp³-hybridized carbons (Fsp3) is 0.550. The van der Waals surface area contributed by atoms with Crippen LogP contribution in [0.4, 0.5) is 38.1 Å². The minimum Gasteiger partial charge on any atom is -0.468 e. The molecule has 0 amide bonds. The average Bonchev–Trinajstić information content (AvgIpc) is 3.18. The molecule has 2 heterocycles. The molecular formula is C20H22ClF6N5O2. The molecule has 2 aromatic heterocycles. The number of alkyl halides is 6. The van der Waals surface area contributed by atoms with Crippen LogP contribution in [0.1, 0.15) is 25.0 Å². The number of nitrogens with zero attached hydrogens (tertiary/aromatic N) is 3. The summed E-state index contributed by atoms with van der Waals surface area (Å²) in [5.41, 5.74) is 0.855. The maximum absolute atomic E-state index is 12.6. The zero-order valence-electron chi connectivity index (χ0n) is 17.9. The zero-order chi connectivity index (χ0) is 25.1. The van der Waals surface area contributed by atoms with Gasteiger partial charge in [0, 0.05) is 30.0 Å². The van der Waals surface area contributed by atoms with Crippen LogP contribution in [0.15, 0.2) is 12.1 Å². The van der Waals surface area contributed by atoms with Gasteiger partial charge in [0.05, 0.1) is 5.56 Å². The first-order valence-corrected chi connectivity index (χ1v) is 10.7. The Morgan fingerprint density at radius 2 is 1.82 bits per heavy atom. The van der Waals surface area contributed by atoms with Crippen molar-refractivity contribution in [1.29, 1.82) is 0 Å². The molecule has 0 bridgehead atoms. The minimum atomic E-state index is -4.53. The van der Waals surface area contributed by atoms with Crippen molar-refractivity contribution in [2.45, 2.75) is 44.6 Å². The highest BCUT2D eigenvalue weighted by Crippen LogP contribution is 2.38. The third-order valence-electron chi connectivity index (χ3n) is 5.17. The fourth-order valence-electron chi connectivity index (χ4n) is 3.64. The number of aromatic nitrogens is 3. The average molecular weight is 514 g/mol. The summed E-state index contributed by atoms with van der Waals surface area (Å²) in [4.78, 5) is 12.1. The van der Waals surface area contributed by atoms with E-state index in [9.17, 15) is 31.4 Å². The van der Waals surface area contributed by atoms with E-state index in [1.165, 1.54) is 19.1 Å². The highest BCUT2D eigenvalue weighted by Gasteiger charge is 2.30. The first kappa shape index (κ1) is 26.1. The number of aliphatic hydroxyl groups is 1.